The third kappa shape index (κ3) is 4.70. The molecule has 1 fully saturated rings. The average molecular weight is 436 g/mol. The standard InChI is InChI=1S/C18H17IN2O3/c19-15-6-1-2-7-16(15)24-11-17(22)20-14-5-3-4-12(10-14)18(23)21-13-8-9-13/h1-7,10,13H,8-9,11H2,(H,20,22)(H,21,23). The van der Waals surface area contributed by atoms with Gasteiger partial charge in [0.25, 0.3) is 11.8 Å². The fourth-order valence-electron chi connectivity index (χ4n) is 2.14. The first kappa shape index (κ1) is 16.8. The molecule has 2 aromatic carbocycles. The number of para-hydroxylation sites is 1. The molecule has 0 radical (unpaired) electrons. The second-order valence-corrected chi connectivity index (χ2v) is 6.76. The van der Waals surface area contributed by atoms with Crippen molar-refractivity contribution in [1.29, 1.82) is 0 Å². The molecule has 5 nitrogen and oxygen atoms in total. The predicted molar refractivity (Wildman–Crippen MR) is 100 cm³/mol. The van der Waals surface area contributed by atoms with Crippen molar-refractivity contribution in [3.63, 3.8) is 0 Å². The maximum Gasteiger partial charge on any atom is 0.262 e. The number of rotatable bonds is 6. The number of carbonyl (C=O) groups excluding carboxylic acids is 2. The Labute approximate surface area is 153 Å². The third-order valence-corrected chi connectivity index (χ3v) is 4.41. The molecule has 2 N–H and O–H groups in total. The Morgan fingerprint density at radius 1 is 1.12 bits per heavy atom. The number of benzene rings is 2. The van der Waals surface area contributed by atoms with Gasteiger partial charge in [-0.05, 0) is 65.8 Å². The van der Waals surface area contributed by atoms with Gasteiger partial charge in [0, 0.05) is 17.3 Å². The van der Waals surface area contributed by atoms with Gasteiger partial charge >= 0.3 is 0 Å². The zero-order chi connectivity index (χ0) is 16.9. The zero-order valence-electron chi connectivity index (χ0n) is 12.9. The van der Waals surface area contributed by atoms with Crippen LogP contribution in [0.2, 0.25) is 0 Å². The van der Waals surface area contributed by atoms with Gasteiger partial charge in [0.05, 0.1) is 3.57 Å². The van der Waals surface area contributed by atoms with Gasteiger partial charge < -0.3 is 15.4 Å². The summed E-state index contributed by atoms with van der Waals surface area (Å²) in [6, 6.07) is 14.7. The Bertz CT molecular complexity index is 759. The van der Waals surface area contributed by atoms with Crippen LogP contribution in [0, 0.1) is 3.57 Å². The smallest absolute Gasteiger partial charge is 0.262 e. The highest BCUT2D eigenvalue weighted by molar-refractivity contribution is 14.1. The number of nitrogens with one attached hydrogen (secondary N) is 2. The highest BCUT2D eigenvalue weighted by atomic mass is 127. The normalized spacial score (nSPS) is 13.2. The Morgan fingerprint density at radius 2 is 1.92 bits per heavy atom. The fourth-order valence-corrected chi connectivity index (χ4v) is 2.68. The fraction of sp³-hybridized carbons (Fsp3) is 0.222. The minimum absolute atomic E-state index is 0.0848. The Morgan fingerprint density at radius 3 is 2.67 bits per heavy atom. The lowest BCUT2D eigenvalue weighted by molar-refractivity contribution is -0.118. The first-order valence-corrected chi connectivity index (χ1v) is 8.78. The summed E-state index contributed by atoms with van der Waals surface area (Å²) in [6.07, 6.45) is 2.08. The molecule has 2 aromatic rings. The maximum atomic E-state index is 12.0. The quantitative estimate of drug-likeness (QED) is 0.684. The highest BCUT2D eigenvalue weighted by Gasteiger charge is 2.23. The van der Waals surface area contributed by atoms with Crippen molar-refractivity contribution in [2.24, 2.45) is 0 Å². The Hall–Kier alpha value is -2.09. The minimum atomic E-state index is -0.269. The van der Waals surface area contributed by atoms with Crippen LogP contribution in [-0.4, -0.2) is 24.5 Å². The van der Waals surface area contributed by atoms with Crippen LogP contribution in [0.1, 0.15) is 23.2 Å². The van der Waals surface area contributed by atoms with Crippen LogP contribution in [0.25, 0.3) is 0 Å². The summed E-state index contributed by atoms with van der Waals surface area (Å²) in [4.78, 5) is 24.1. The molecule has 0 aromatic heterocycles. The van der Waals surface area contributed by atoms with Gasteiger partial charge in [0.1, 0.15) is 5.75 Å². The third-order valence-electron chi connectivity index (χ3n) is 3.52. The second kappa shape index (κ2) is 7.65. The summed E-state index contributed by atoms with van der Waals surface area (Å²) in [5.41, 5.74) is 1.12. The van der Waals surface area contributed by atoms with Gasteiger partial charge in [-0.1, -0.05) is 18.2 Å². The molecule has 0 bridgehead atoms. The molecule has 2 amide bonds. The summed E-state index contributed by atoms with van der Waals surface area (Å²) in [6.45, 7) is -0.0848. The van der Waals surface area contributed by atoms with Gasteiger partial charge in [-0.3, -0.25) is 9.59 Å². The second-order valence-electron chi connectivity index (χ2n) is 5.60. The van der Waals surface area contributed by atoms with E-state index in [2.05, 4.69) is 33.2 Å². The van der Waals surface area contributed by atoms with Crippen LogP contribution in [-0.2, 0) is 4.79 Å². The van der Waals surface area contributed by atoms with Gasteiger partial charge in [0.2, 0.25) is 0 Å². The molecule has 0 unspecified atom stereocenters. The maximum absolute atomic E-state index is 12.0. The average Bonchev–Trinajstić information content (AvgIpc) is 3.38. The molecule has 1 aliphatic rings. The van der Waals surface area contributed by atoms with Crippen LogP contribution >= 0.6 is 22.6 Å². The van der Waals surface area contributed by atoms with E-state index in [0.717, 1.165) is 16.4 Å². The molecular weight excluding hydrogens is 419 g/mol. The summed E-state index contributed by atoms with van der Waals surface area (Å²) in [5.74, 6) is 0.295. The number of ether oxygens (including phenoxy) is 1. The molecule has 0 spiro atoms. The largest absolute Gasteiger partial charge is 0.483 e. The van der Waals surface area contributed by atoms with Crippen molar-refractivity contribution >= 4 is 40.1 Å². The molecular formula is C18H17IN2O3. The van der Waals surface area contributed by atoms with Crippen molar-refractivity contribution in [2.75, 3.05) is 11.9 Å². The van der Waals surface area contributed by atoms with Crippen molar-refractivity contribution in [3.05, 3.63) is 57.7 Å². The molecule has 24 heavy (non-hydrogen) atoms. The lowest BCUT2D eigenvalue weighted by Crippen LogP contribution is -2.25. The number of anilines is 1. The Balaban J connectivity index is 1.56. The van der Waals surface area contributed by atoms with E-state index in [9.17, 15) is 9.59 Å². The van der Waals surface area contributed by atoms with Crippen molar-refractivity contribution in [3.8, 4) is 5.75 Å². The SMILES string of the molecule is O=C(COc1ccccc1I)Nc1cccc(C(=O)NC2CC2)c1. The van der Waals surface area contributed by atoms with E-state index >= 15 is 0 Å². The van der Waals surface area contributed by atoms with Crippen molar-refractivity contribution in [2.45, 2.75) is 18.9 Å². The molecule has 0 atom stereocenters. The molecule has 1 aliphatic carbocycles. The van der Waals surface area contributed by atoms with Gasteiger partial charge in [-0.2, -0.15) is 0 Å². The molecule has 124 valence electrons. The predicted octanol–water partition coefficient (Wildman–Crippen LogP) is 3.20. The van der Waals surface area contributed by atoms with Gasteiger partial charge in [-0.25, -0.2) is 0 Å². The summed E-state index contributed by atoms with van der Waals surface area (Å²) < 4.78 is 6.46. The highest BCUT2D eigenvalue weighted by Crippen LogP contribution is 2.21. The zero-order valence-corrected chi connectivity index (χ0v) is 15.1. The monoisotopic (exact) mass is 436 g/mol. The first-order chi connectivity index (χ1) is 11.6. The molecule has 0 saturated heterocycles. The number of amides is 2. The molecule has 3 rings (SSSR count). The molecule has 1 saturated carbocycles. The lowest BCUT2D eigenvalue weighted by Gasteiger charge is -2.10. The molecule has 0 aliphatic heterocycles. The molecule has 6 heteroatoms. The first-order valence-electron chi connectivity index (χ1n) is 7.70. The van der Waals surface area contributed by atoms with Gasteiger partial charge in [0.15, 0.2) is 6.61 Å². The molecule has 0 heterocycles. The van der Waals surface area contributed by atoms with Crippen molar-refractivity contribution in [1.82, 2.24) is 5.32 Å². The van der Waals surface area contributed by atoms with E-state index in [1.54, 1.807) is 24.3 Å². The van der Waals surface area contributed by atoms with Crippen LogP contribution in [0.3, 0.4) is 0 Å². The van der Waals surface area contributed by atoms with Crippen LogP contribution < -0.4 is 15.4 Å². The summed E-state index contributed by atoms with van der Waals surface area (Å²) >= 11 is 2.16. The van der Waals surface area contributed by atoms with E-state index in [-0.39, 0.29) is 18.4 Å². The van der Waals surface area contributed by atoms with E-state index in [1.165, 1.54) is 0 Å². The van der Waals surface area contributed by atoms with E-state index in [1.807, 2.05) is 24.3 Å². The summed E-state index contributed by atoms with van der Waals surface area (Å²) in [5, 5.41) is 5.68. The van der Waals surface area contributed by atoms with Gasteiger partial charge in [-0.15, -0.1) is 0 Å². The van der Waals surface area contributed by atoms with Crippen LogP contribution in [0.4, 0.5) is 5.69 Å². The topological polar surface area (TPSA) is 67.4 Å². The van der Waals surface area contributed by atoms with Crippen LogP contribution in [0.15, 0.2) is 48.5 Å². The minimum Gasteiger partial charge on any atom is -0.483 e. The van der Waals surface area contributed by atoms with Crippen molar-refractivity contribution < 1.29 is 14.3 Å². The van der Waals surface area contributed by atoms with E-state index < -0.39 is 0 Å². The number of hydrogen-bond donors (Lipinski definition) is 2. The van der Waals surface area contributed by atoms with Crippen LogP contribution in [0.5, 0.6) is 5.75 Å². The number of halogens is 1. The van der Waals surface area contributed by atoms with E-state index in [0.29, 0.717) is 23.0 Å². The van der Waals surface area contributed by atoms with E-state index in [4.69, 9.17) is 4.74 Å². The summed E-state index contributed by atoms with van der Waals surface area (Å²) in [7, 11) is 0. The lowest BCUT2D eigenvalue weighted by atomic mass is 10.2. The number of carbonyl (C=O) groups is 2. The number of hydrogen-bond acceptors (Lipinski definition) is 3. The Kier molecular flexibility index (Phi) is 5.34.